The van der Waals surface area contributed by atoms with Gasteiger partial charge in [0.15, 0.2) is 0 Å². The van der Waals surface area contributed by atoms with Crippen molar-refractivity contribution in [3.63, 3.8) is 0 Å². The van der Waals surface area contributed by atoms with Gasteiger partial charge in [-0.3, -0.25) is 0 Å². The summed E-state index contributed by atoms with van der Waals surface area (Å²) in [4.78, 5) is 6.88. The molecule has 0 unspecified atom stereocenters. The maximum atomic E-state index is 5.73. The Bertz CT molecular complexity index is 564. The number of nitrogen functional groups attached to an aromatic ring is 1. The molecule has 0 spiro atoms. The van der Waals surface area contributed by atoms with E-state index >= 15 is 0 Å². The van der Waals surface area contributed by atoms with Gasteiger partial charge in [0.2, 0.25) is 0 Å². The van der Waals surface area contributed by atoms with E-state index in [0.29, 0.717) is 6.04 Å². The lowest BCUT2D eigenvalue weighted by Gasteiger charge is -2.24. The van der Waals surface area contributed by atoms with Crippen LogP contribution >= 0.6 is 15.9 Å². The van der Waals surface area contributed by atoms with Crippen LogP contribution in [0.1, 0.15) is 18.4 Å². The van der Waals surface area contributed by atoms with Gasteiger partial charge in [-0.25, -0.2) is 4.98 Å². The maximum absolute atomic E-state index is 5.73. The van der Waals surface area contributed by atoms with Crippen molar-refractivity contribution in [1.82, 2.24) is 4.98 Å². The molecule has 2 aromatic rings. The molecule has 0 aliphatic heterocycles. The topological polar surface area (TPSA) is 42.1 Å². The number of anilines is 2. The van der Waals surface area contributed by atoms with Crippen LogP contribution in [0.25, 0.3) is 0 Å². The van der Waals surface area contributed by atoms with Gasteiger partial charge < -0.3 is 10.6 Å². The summed E-state index contributed by atoms with van der Waals surface area (Å²) in [6.07, 6.45) is 4.34. The van der Waals surface area contributed by atoms with Crippen molar-refractivity contribution >= 4 is 27.4 Å². The molecule has 0 amide bonds. The summed E-state index contributed by atoms with van der Waals surface area (Å²) in [5.74, 6) is 1.03. The van der Waals surface area contributed by atoms with Gasteiger partial charge in [0.1, 0.15) is 5.82 Å². The average Bonchev–Trinajstić information content (AvgIpc) is 3.24. The lowest BCUT2D eigenvalue weighted by atomic mass is 10.2. The van der Waals surface area contributed by atoms with E-state index in [9.17, 15) is 0 Å². The molecule has 1 aromatic heterocycles. The predicted molar refractivity (Wildman–Crippen MR) is 82.0 cm³/mol. The number of aromatic nitrogens is 1. The standard InChI is InChI=1S/C15H16BrN3/c16-14-2-1-9-18-15(14)19(13-7-8-13)10-11-3-5-12(17)6-4-11/h1-6,9,13H,7-8,10,17H2. The number of benzene rings is 1. The Hall–Kier alpha value is -1.55. The molecule has 2 N–H and O–H groups in total. The zero-order valence-corrected chi connectivity index (χ0v) is 12.2. The monoisotopic (exact) mass is 317 g/mol. The number of nitrogens with zero attached hydrogens (tertiary/aromatic N) is 2. The van der Waals surface area contributed by atoms with Gasteiger partial charge >= 0.3 is 0 Å². The lowest BCUT2D eigenvalue weighted by Crippen LogP contribution is -2.26. The second kappa shape index (κ2) is 5.21. The van der Waals surface area contributed by atoms with Crippen molar-refractivity contribution < 1.29 is 0 Å². The highest BCUT2D eigenvalue weighted by Crippen LogP contribution is 2.35. The van der Waals surface area contributed by atoms with Gasteiger partial charge in [0, 0.05) is 24.5 Å². The number of halogens is 1. The van der Waals surface area contributed by atoms with Crippen LogP contribution in [0.15, 0.2) is 47.1 Å². The fourth-order valence-corrected chi connectivity index (χ4v) is 2.65. The average molecular weight is 318 g/mol. The van der Waals surface area contributed by atoms with Crippen LogP contribution in [0.4, 0.5) is 11.5 Å². The minimum atomic E-state index is 0.615. The van der Waals surface area contributed by atoms with E-state index < -0.39 is 0 Å². The molecule has 4 heteroatoms. The fraction of sp³-hybridized carbons (Fsp3) is 0.267. The Balaban J connectivity index is 1.86. The van der Waals surface area contributed by atoms with Gasteiger partial charge in [0.25, 0.3) is 0 Å². The molecule has 3 nitrogen and oxygen atoms in total. The number of rotatable bonds is 4. The third-order valence-electron chi connectivity index (χ3n) is 3.33. The van der Waals surface area contributed by atoms with Crippen molar-refractivity contribution in [2.24, 2.45) is 0 Å². The second-order valence-electron chi connectivity index (χ2n) is 4.91. The molecule has 0 bridgehead atoms. The number of hydrogen-bond acceptors (Lipinski definition) is 3. The summed E-state index contributed by atoms with van der Waals surface area (Å²) in [5.41, 5.74) is 7.80. The predicted octanol–water partition coefficient (Wildman–Crippen LogP) is 3.60. The van der Waals surface area contributed by atoms with Gasteiger partial charge in [0.05, 0.1) is 4.47 Å². The van der Waals surface area contributed by atoms with E-state index in [1.54, 1.807) is 0 Å². The van der Waals surface area contributed by atoms with Crippen LogP contribution < -0.4 is 10.6 Å². The largest absolute Gasteiger partial charge is 0.399 e. The molecular weight excluding hydrogens is 302 g/mol. The Kier molecular flexibility index (Phi) is 3.42. The molecule has 1 heterocycles. The van der Waals surface area contributed by atoms with Crippen molar-refractivity contribution in [3.05, 3.63) is 52.6 Å². The third-order valence-corrected chi connectivity index (χ3v) is 3.95. The third kappa shape index (κ3) is 2.89. The Morgan fingerprint density at radius 1 is 1.21 bits per heavy atom. The Morgan fingerprint density at radius 2 is 1.95 bits per heavy atom. The highest BCUT2D eigenvalue weighted by Gasteiger charge is 2.30. The molecule has 19 heavy (non-hydrogen) atoms. The molecular formula is C15H16BrN3. The minimum Gasteiger partial charge on any atom is -0.399 e. The Morgan fingerprint density at radius 3 is 2.58 bits per heavy atom. The first-order chi connectivity index (χ1) is 9.24. The summed E-state index contributed by atoms with van der Waals surface area (Å²) >= 11 is 3.59. The van der Waals surface area contributed by atoms with Crippen molar-refractivity contribution in [3.8, 4) is 0 Å². The molecule has 98 valence electrons. The molecule has 0 radical (unpaired) electrons. The molecule has 1 saturated carbocycles. The second-order valence-corrected chi connectivity index (χ2v) is 5.76. The molecule has 1 fully saturated rings. The first-order valence-corrected chi connectivity index (χ1v) is 7.25. The summed E-state index contributed by atoms with van der Waals surface area (Å²) in [5, 5.41) is 0. The molecule has 1 aliphatic rings. The SMILES string of the molecule is Nc1ccc(CN(c2ncccc2Br)C2CC2)cc1. The van der Waals surface area contributed by atoms with Crippen LogP contribution in [-0.4, -0.2) is 11.0 Å². The van der Waals surface area contributed by atoms with Crippen molar-refractivity contribution in [2.45, 2.75) is 25.4 Å². The summed E-state index contributed by atoms with van der Waals surface area (Å²) in [6, 6.07) is 12.7. The first kappa shape index (κ1) is 12.5. The van der Waals surface area contributed by atoms with Gasteiger partial charge in [-0.05, 0) is 58.6 Å². The van der Waals surface area contributed by atoms with E-state index in [4.69, 9.17) is 5.73 Å². The van der Waals surface area contributed by atoms with Crippen LogP contribution in [0.3, 0.4) is 0 Å². The number of nitrogens with two attached hydrogens (primary N) is 1. The normalized spacial score (nSPS) is 14.4. The van der Waals surface area contributed by atoms with E-state index in [0.717, 1.165) is 22.5 Å². The lowest BCUT2D eigenvalue weighted by molar-refractivity contribution is 0.776. The molecule has 3 rings (SSSR count). The van der Waals surface area contributed by atoms with E-state index in [2.05, 4.69) is 37.9 Å². The summed E-state index contributed by atoms with van der Waals surface area (Å²) in [6.45, 7) is 0.876. The van der Waals surface area contributed by atoms with Crippen molar-refractivity contribution in [1.29, 1.82) is 0 Å². The number of pyridine rings is 1. The van der Waals surface area contributed by atoms with E-state index in [1.807, 2.05) is 30.5 Å². The fourth-order valence-electron chi connectivity index (χ4n) is 2.17. The van der Waals surface area contributed by atoms with Crippen LogP contribution in [0.5, 0.6) is 0 Å². The van der Waals surface area contributed by atoms with Crippen LogP contribution in [0, 0.1) is 0 Å². The van der Waals surface area contributed by atoms with E-state index in [-0.39, 0.29) is 0 Å². The quantitative estimate of drug-likeness (QED) is 0.876. The minimum absolute atomic E-state index is 0.615. The van der Waals surface area contributed by atoms with Crippen molar-refractivity contribution in [2.75, 3.05) is 10.6 Å². The van der Waals surface area contributed by atoms with Crippen LogP contribution in [0.2, 0.25) is 0 Å². The first-order valence-electron chi connectivity index (χ1n) is 6.45. The highest BCUT2D eigenvalue weighted by atomic mass is 79.9. The summed E-state index contributed by atoms with van der Waals surface area (Å²) < 4.78 is 1.05. The van der Waals surface area contributed by atoms with Crippen LogP contribution in [-0.2, 0) is 6.54 Å². The van der Waals surface area contributed by atoms with Gasteiger partial charge in [-0.2, -0.15) is 0 Å². The van der Waals surface area contributed by atoms with Gasteiger partial charge in [-0.15, -0.1) is 0 Å². The smallest absolute Gasteiger partial charge is 0.143 e. The molecule has 0 atom stereocenters. The van der Waals surface area contributed by atoms with E-state index in [1.165, 1.54) is 18.4 Å². The Labute approximate surface area is 121 Å². The van der Waals surface area contributed by atoms with Gasteiger partial charge in [-0.1, -0.05) is 12.1 Å². The molecule has 0 saturated heterocycles. The zero-order valence-electron chi connectivity index (χ0n) is 10.6. The maximum Gasteiger partial charge on any atom is 0.143 e. The zero-order chi connectivity index (χ0) is 13.2. The molecule has 1 aliphatic carbocycles. The highest BCUT2D eigenvalue weighted by molar-refractivity contribution is 9.10. The molecule has 1 aromatic carbocycles. The summed E-state index contributed by atoms with van der Waals surface area (Å²) in [7, 11) is 0. The number of hydrogen-bond donors (Lipinski definition) is 1.